The third-order valence-corrected chi connectivity index (χ3v) is 4.39. The summed E-state index contributed by atoms with van der Waals surface area (Å²) in [7, 11) is -3.65. The van der Waals surface area contributed by atoms with E-state index in [1.54, 1.807) is 19.3 Å². The average Bonchev–Trinajstić information content (AvgIpc) is 2.92. The fourth-order valence-electron chi connectivity index (χ4n) is 1.74. The standard InChI is InChI=1S/C13H15N3O3S/c1-9(13-14-7-8-15-13)16-20(18,19)12-5-3-11(4-6-12)10(2)17/h3-9,16H,1-2H3,(H,14,15). The number of ketones is 1. The summed E-state index contributed by atoms with van der Waals surface area (Å²) >= 11 is 0. The highest BCUT2D eigenvalue weighted by Gasteiger charge is 2.19. The highest BCUT2D eigenvalue weighted by atomic mass is 32.2. The molecule has 7 heteroatoms. The van der Waals surface area contributed by atoms with Gasteiger partial charge in [0.15, 0.2) is 5.78 Å². The summed E-state index contributed by atoms with van der Waals surface area (Å²) in [6.07, 6.45) is 3.18. The molecule has 0 aliphatic rings. The molecule has 1 unspecified atom stereocenters. The van der Waals surface area contributed by atoms with Crippen LogP contribution in [-0.4, -0.2) is 24.2 Å². The quantitative estimate of drug-likeness (QED) is 0.820. The number of hydrogen-bond donors (Lipinski definition) is 2. The third-order valence-electron chi connectivity index (χ3n) is 2.83. The molecular formula is C13H15N3O3S. The van der Waals surface area contributed by atoms with Crippen molar-refractivity contribution in [3.63, 3.8) is 0 Å². The van der Waals surface area contributed by atoms with Gasteiger partial charge in [0.25, 0.3) is 0 Å². The first kappa shape index (κ1) is 14.4. The molecule has 2 rings (SSSR count). The van der Waals surface area contributed by atoms with Gasteiger partial charge in [-0.1, -0.05) is 12.1 Å². The van der Waals surface area contributed by atoms with Crippen LogP contribution < -0.4 is 4.72 Å². The number of imidazole rings is 1. The fourth-order valence-corrected chi connectivity index (χ4v) is 2.95. The average molecular weight is 293 g/mol. The van der Waals surface area contributed by atoms with Gasteiger partial charge in [-0.3, -0.25) is 4.79 Å². The molecule has 1 aromatic carbocycles. The lowest BCUT2D eigenvalue weighted by molar-refractivity contribution is 0.101. The van der Waals surface area contributed by atoms with E-state index in [0.29, 0.717) is 11.4 Å². The molecule has 20 heavy (non-hydrogen) atoms. The van der Waals surface area contributed by atoms with Gasteiger partial charge < -0.3 is 4.98 Å². The smallest absolute Gasteiger partial charge is 0.241 e. The van der Waals surface area contributed by atoms with Crippen LogP contribution in [0.5, 0.6) is 0 Å². The number of aromatic nitrogens is 2. The topological polar surface area (TPSA) is 91.9 Å². The molecule has 0 spiro atoms. The Morgan fingerprint density at radius 3 is 2.45 bits per heavy atom. The molecule has 1 aromatic heterocycles. The lowest BCUT2D eigenvalue weighted by atomic mass is 10.2. The summed E-state index contributed by atoms with van der Waals surface area (Å²) in [6, 6.07) is 5.34. The highest BCUT2D eigenvalue weighted by molar-refractivity contribution is 7.89. The number of Topliss-reactive ketones (excluding diaryl/α,β-unsaturated/α-hetero) is 1. The van der Waals surface area contributed by atoms with E-state index in [1.807, 2.05) is 0 Å². The van der Waals surface area contributed by atoms with Crippen molar-refractivity contribution in [1.82, 2.24) is 14.7 Å². The van der Waals surface area contributed by atoms with Crippen LogP contribution >= 0.6 is 0 Å². The molecule has 0 saturated carbocycles. The zero-order valence-corrected chi connectivity index (χ0v) is 11.9. The van der Waals surface area contributed by atoms with E-state index >= 15 is 0 Å². The van der Waals surface area contributed by atoms with Gasteiger partial charge in [0, 0.05) is 18.0 Å². The van der Waals surface area contributed by atoms with Gasteiger partial charge in [-0.15, -0.1) is 0 Å². The maximum Gasteiger partial charge on any atom is 0.241 e. The Kier molecular flexibility index (Phi) is 4.01. The van der Waals surface area contributed by atoms with Gasteiger partial charge in [-0.25, -0.2) is 18.1 Å². The van der Waals surface area contributed by atoms with Crippen LogP contribution in [0.15, 0.2) is 41.6 Å². The largest absolute Gasteiger partial charge is 0.347 e. The molecule has 1 atom stereocenters. The second-order valence-corrected chi connectivity index (χ2v) is 6.11. The fraction of sp³-hybridized carbons (Fsp3) is 0.231. The first-order valence-electron chi connectivity index (χ1n) is 6.03. The molecule has 0 amide bonds. The van der Waals surface area contributed by atoms with Gasteiger partial charge in [0.1, 0.15) is 5.82 Å². The van der Waals surface area contributed by atoms with Crippen LogP contribution in [0.4, 0.5) is 0 Å². The Balaban J connectivity index is 2.20. The van der Waals surface area contributed by atoms with E-state index in [2.05, 4.69) is 14.7 Å². The monoisotopic (exact) mass is 293 g/mol. The summed E-state index contributed by atoms with van der Waals surface area (Å²) in [5.41, 5.74) is 0.475. The number of benzene rings is 1. The van der Waals surface area contributed by atoms with Crippen LogP contribution in [0.25, 0.3) is 0 Å². The van der Waals surface area contributed by atoms with Crippen molar-refractivity contribution in [3.8, 4) is 0 Å². The zero-order valence-electron chi connectivity index (χ0n) is 11.1. The minimum absolute atomic E-state index is 0.106. The molecule has 0 fully saturated rings. The number of carbonyl (C=O) groups is 1. The number of sulfonamides is 1. The van der Waals surface area contributed by atoms with Gasteiger partial charge in [-0.2, -0.15) is 0 Å². The highest BCUT2D eigenvalue weighted by Crippen LogP contribution is 2.15. The summed E-state index contributed by atoms with van der Waals surface area (Å²) < 4.78 is 26.9. The Morgan fingerprint density at radius 2 is 1.95 bits per heavy atom. The predicted molar refractivity (Wildman–Crippen MR) is 73.8 cm³/mol. The Labute approximate surface area is 117 Å². The number of aromatic amines is 1. The molecule has 0 radical (unpaired) electrons. The maximum absolute atomic E-state index is 12.2. The second kappa shape index (κ2) is 5.56. The number of hydrogen-bond acceptors (Lipinski definition) is 4. The molecule has 0 aliphatic carbocycles. The molecule has 106 valence electrons. The molecule has 0 aliphatic heterocycles. The van der Waals surface area contributed by atoms with Crippen molar-refractivity contribution in [3.05, 3.63) is 48.0 Å². The van der Waals surface area contributed by atoms with Gasteiger partial charge in [0.2, 0.25) is 10.0 Å². The van der Waals surface area contributed by atoms with E-state index in [0.717, 1.165) is 0 Å². The van der Waals surface area contributed by atoms with E-state index in [4.69, 9.17) is 0 Å². The third kappa shape index (κ3) is 3.12. The maximum atomic E-state index is 12.2. The van der Waals surface area contributed by atoms with Crippen molar-refractivity contribution in [2.45, 2.75) is 24.8 Å². The lowest BCUT2D eigenvalue weighted by Gasteiger charge is -2.12. The van der Waals surface area contributed by atoms with Crippen molar-refractivity contribution in [1.29, 1.82) is 0 Å². The van der Waals surface area contributed by atoms with E-state index in [-0.39, 0.29) is 10.7 Å². The molecule has 0 saturated heterocycles. The SMILES string of the molecule is CC(=O)c1ccc(S(=O)(=O)NC(C)c2ncc[nH]2)cc1. The molecule has 2 aromatic rings. The van der Waals surface area contributed by atoms with Crippen LogP contribution in [-0.2, 0) is 10.0 Å². The van der Waals surface area contributed by atoms with Crippen LogP contribution in [0.2, 0.25) is 0 Å². The second-order valence-electron chi connectivity index (χ2n) is 4.40. The summed E-state index contributed by atoms with van der Waals surface area (Å²) in [6.45, 7) is 3.13. The van der Waals surface area contributed by atoms with Crippen molar-refractivity contribution in [2.75, 3.05) is 0 Å². The van der Waals surface area contributed by atoms with Crippen molar-refractivity contribution in [2.24, 2.45) is 0 Å². The van der Waals surface area contributed by atoms with Gasteiger partial charge in [-0.05, 0) is 26.0 Å². The normalized spacial score (nSPS) is 13.1. The Morgan fingerprint density at radius 1 is 1.30 bits per heavy atom. The van der Waals surface area contributed by atoms with E-state index in [1.165, 1.54) is 31.2 Å². The molecule has 2 N–H and O–H groups in total. The Bertz CT molecular complexity index is 691. The Hall–Kier alpha value is -1.99. The van der Waals surface area contributed by atoms with Gasteiger partial charge >= 0.3 is 0 Å². The van der Waals surface area contributed by atoms with E-state index < -0.39 is 16.1 Å². The minimum Gasteiger partial charge on any atom is -0.347 e. The summed E-state index contributed by atoms with van der Waals surface area (Å²) in [5.74, 6) is 0.430. The number of nitrogens with one attached hydrogen (secondary N) is 2. The van der Waals surface area contributed by atoms with Crippen LogP contribution in [0, 0.1) is 0 Å². The molecule has 0 bridgehead atoms. The van der Waals surface area contributed by atoms with E-state index in [9.17, 15) is 13.2 Å². The first-order valence-corrected chi connectivity index (χ1v) is 7.51. The first-order chi connectivity index (χ1) is 9.40. The molecule has 1 heterocycles. The number of carbonyl (C=O) groups excluding carboxylic acids is 1. The van der Waals surface area contributed by atoms with Crippen LogP contribution in [0.3, 0.4) is 0 Å². The number of H-pyrrole nitrogens is 1. The minimum atomic E-state index is -3.65. The summed E-state index contributed by atoms with van der Waals surface area (Å²) in [4.78, 5) is 18.1. The molecule has 6 nitrogen and oxygen atoms in total. The lowest BCUT2D eigenvalue weighted by Crippen LogP contribution is -2.27. The van der Waals surface area contributed by atoms with Crippen molar-refractivity contribution < 1.29 is 13.2 Å². The summed E-state index contributed by atoms with van der Waals surface area (Å²) in [5, 5.41) is 0. The molecular weight excluding hydrogens is 278 g/mol. The zero-order chi connectivity index (χ0) is 14.8. The number of rotatable bonds is 5. The van der Waals surface area contributed by atoms with Crippen LogP contribution in [0.1, 0.15) is 36.1 Å². The predicted octanol–water partition coefficient (Wildman–Crippen LogP) is 1.65. The van der Waals surface area contributed by atoms with Gasteiger partial charge in [0.05, 0.1) is 10.9 Å². The number of nitrogens with zero attached hydrogens (tertiary/aromatic N) is 1. The van der Waals surface area contributed by atoms with Crippen molar-refractivity contribution >= 4 is 15.8 Å².